The first-order chi connectivity index (χ1) is 11.0. The van der Waals surface area contributed by atoms with Gasteiger partial charge in [-0.05, 0) is 23.1 Å². The van der Waals surface area contributed by atoms with Crippen molar-refractivity contribution >= 4 is 15.7 Å². The molecule has 0 fully saturated rings. The van der Waals surface area contributed by atoms with Gasteiger partial charge in [-0.2, -0.15) is 4.31 Å². The van der Waals surface area contributed by atoms with Crippen molar-refractivity contribution in [2.45, 2.75) is 18.7 Å². The predicted molar refractivity (Wildman–Crippen MR) is 86.3 cm³/mol. The lowest BCUT2D eigenvalue weighted by atomic mass is 10.0. The standard InChI is InChI=1S/C16H16N2O4S/c19-18(20)16-7-6-14-8-9-17(11-15(14)10-16)23(21,22)12-13-4-2-1-3-5-13/h1-7,10H,8-9,11-12H2. The minimum atomic E-state index is -3.45. The molecule has 3 rings (SSSR count). The zero-order valence-electron chi connectivity index (χ0n) is 12.4. The van der Waals surface area contributed by atoms with E-state index in [-0.39, 0.29) is 18.0 Å². The Bertz CT molecular complexity index is 834. The first kappa shape index (κ1) is 15.6. The molecule has 0 unspecified atom stereocenters. The van der Waals surface area contributed by atoms with Crippen LogP contribution in [0.5, 0.6) is 0 Å². The van der Waals surface area contributed by atoms with Gasteiger partial charge in [0.15, 0.2) is 0 Å². The summed E-state index contributed by atoms with van der Waals surface area (Å²) in [6.45, 7) is 0.589. The molecule has 1 heterocycles. The van der Waals surface area contributed by atoms with Crippen LogP contribution in [0.4, 0.5) is 5.69 Å². The van der Waals surface area contributed by atoms with E-state index in [1.807, 2.05) is 6.07 Å². The van der Waals surface area contributed by atoms with E-state index in [4.69, 9.17) is 0 Å². The van der Waals surface area contributed by atoms with E-state index in [0.29, 0.717) is 18.5 Å². The molecule has 0 aromatic heterocycles. The van der Waals surface area contributed by atoms with Gasteiger partial charge in [0, 0.05) is 25.2 Å². The number of nitro benzene ring substituents is 1. The highest BCUT2D eigenvalue weighted by Gasteiger charge is 2.27. The van der Waals surface area contributed by atoms with Crippen molar-refractivity contribution in [3.05, 3.63) is 75.3 Å². The molecule has 0 N–H and O–H groups in total. The molecule has 0 saturated carbocycles. The topological polar surface area (TPSA) is 80.5 Å². The molecule has 0 atom stereocenters. The predicted octanol–water partition coefficient (Wildman–Crippen LogP) is 2.48. The fourth-order valence-electron chi connectivity index (χ4n) is 2.74. The molecule has 0 aliphatic carbocycles. The number of nitrogens with zero attached hydrogens (tertiary/aromatic N) is 2. The molecular formula is C16H16N2O4S. The summed E-state index contributed by atoms with van der Waals surface area (Å²) in [5.41, 5.74) is 2.41. The zero-order valence-corrected chi connectivity index (χ0v) is 13.2. The Balaban J connectivity index is 1.83. The van der Waals surface area contributed by atoms with Gasteiger partial charge in [-0.15, -0.1) is 0 Å². The van der Waals surface area contributed by atoms with Crippen LogP contribution in [0.2, 0.25) is 0 Å². The number of fused-ring (bicyclic) bond motifs is 1. The number of non-ortho nitro benzene ring substituents is 1. The highest BCUT2D eigenvalue weighted by atomic mass is 32.2. The second kappa shape index (κ2) is 6.10. The molecule has 23 heavy (non-hydrogen) atoms. The molecule has 0 radical (unpaired) electrons. The minimum absolute atomic E-state index is 0.00828. The third-order valence-electron chi connectivity index (χ3n) is 3.96. The first-order valence-electron chi connectivity index (χ1n) is 7.24. The van der Waals surface area contributed by atoms with Crippen LogP contribution in [0.15, 0.2) is 48.5 Å². The Labute approximate surface area is 134 Å². The van der Waals surface area contributed by atoms with Gasteiger partial charge in [-0.3, -0.25) is 10.1 Å². The molecule has 0 spiro atoms. The van der Waals surface area contributed by atoms with Gasteiger partial charge in [0.25, 0.3) is 5.69 Å². The van der Waals surface area contributed by atoms with Crippen molar-refractivity contribution < 1.29 is 13.3 Å². The van der Waals surface area contributed by atoms with Crippen molar-refractivity contribution in [2.75, 3.05) is 6.54 Å². The maximum Gasteiger partial charge on any atom is 0.269 e. The van der Waals surface area contributed by atoms with E-state index in [1.165, 1.54) is 16.4 Å². The lowest BCUT2D eigenvalue weighted by molar-refractivity contribution is -0.385. The van der Waals surface area contributed by atoms with Gasteiger partial charge in [-0.1, -0.05) is 36.4 Å². The van der Waals surface area contributed by atoms with Gasteiger partial charge < -0.3 is 0 Å². The van der Waals surface area contributed by atoms with Gasteiger partial charge in [0.1, 0.15) is 0 Å². The average molecular weight is 332 g/mol. The Hall–Kier alpha value is -2.25. The lowest BCUT2D eigenvalue weighted by Crippen LogP contribution is -2.36. The minimum Gasteiger partial charge on any atom is -0.258 e. The normalized spacial score (nSPS) is 15.1. The van der Waals surface area contributed by atoms with E-state index < -0.39 is 14.9 Å². The van der Waals surface area contributed by atoms with Gasteiger partial charge >= 0.3 is 0 Å². The highest BCUT2D eigenvalue weighted by molar-refractivity contribution is 7.88. The number of hydrogen-bond acceptors (Lipinski definition) is 4. The second-order valence-corrected chi connectivity index (χ2v) is 7.50. The van der Waals surface area contributed by atoms with E-state index in [2.05, 4.69) is 0 Å². The van der Waals surface area contributed by atoms with E-state index >= 15 is 0 Å². The number of benzene rings is 2. The van der Waals surface area contributed by atoms with Crippen molar-refractivity contribution in [1.82, 2.24) is 4.31 Å². The third kappa shape index (κ3) is 3.40. The van der Waals surface area contributed by atoms with E-state index in [0.717, 1.165) is 11.1 Å². The molecule has 1 aliphatic heterocycles. The molecule has 0 amide bonds. The van der Waals surface area contributed by atoms with E-state index in [1.54, 1.807) is 30.3 Å². The van der Waals surface area contributed by atoms with Crippen molar-refractivity contribution in [2.24, 2.45) is 0 Å². The monoisotopic (exact) mass is 332 g/mol. The van der Waals surface area contributed by atoms with Crippen LogP contribution in [-0.4, -0.2) is 24.2 Å². The van der Waals surface area contributed by atoms with Crippen LogP contribution in [-0.2, 0) is 28.7 Å². The number of sulfonamides is 1. The SMILES string of the molecule is O=[N+]([O-])c1ccc2c(c1)CN(S(=O)(=O)Cc1ccccc1)CC2. The first-order valence-corrected chi connectivity index (χ1v) is 8.84. The van der Waals surface area contributed by atoms with Gasteiger partial charge in [0.2, 0.25) is 10.0 Å². The summed E-state index contributed by atoms with van der Waals surface area (Å²) in [6.07, 6.45) is 0.571. The van der Waals surface area contributed by atoms with Crippen LogP contribution in [0, 0.1) is 10.1 Å². The van der Waals surface area contributed by atoms with Crippen molar-refractivity contribution in [3.8, 4) is 0 Å². The third-order valence-corrected chi connectivity index (χ3v) is 5.76. The van der Waals surface area contributed by atoms with Crippen LogP contribution in [0.25, 0.3) is 0 Å². The molecule has 2 aromatic carbocycles. The summed E-state index contributed by atoms with van der Waals surface area (Å²) >= 11 is 0. The summed E-state index contributed by atoms with van der Waals surface area (Å²) in [7, 11) is -3.45. The van der Waals surface area contributed by atoms with Gasteiger partial charge in [0.05, 0.1) is 10.7 Å². The van der Waals surface area contributed by atoms with Crippen LogP contribution in [0.3, 0.4) is 0 Å². The molecule has 6 nitrogen and oxygen atoms in total. The number of nitro groups is 1. The molecule has 0 bridgehead atoms. The Kier molecular flexibility index (Phi) is 4.14. The summed E-state index contributed by atoms with van der Waals surface area (Å²) < 4.78 is 26.6. The average Bonchev–Trinajstić information content (AvgIpc) is 2.54. The largest absolute Gasteiger partial charge is 0.269 e. The molecular weight excluding hydrogens is 316 g/mol. The second-order valence-electron chi connectivity index (χ2n) is 5.54. The maximum absolute atomic E-state index is 12.6. The Morgan fingerprint density at radius 1 is 1.09 bits per heavy atom. The van der Waals surface area contributed by atoms with Gasteiger partial charge in [-0.25, -0.2) is 8.42 Å². The Morgan fingerprint density at radius 3 is 2.52 bits per heavy atom. The molecule has 0 saturated heterocycles. The number of hydrogen-bond donors (Lipinski definition) is 0. The molecule has 1 aliphatic rings. The molecule has 2 aromatic rings. The van der Waals surface area contributed by atoms with E-state index in [9.17, 15) is 18.5 Å². The van der Waals surface area contributed by atoms with Crippen LogP contribution >= 0.6 is 0 Å². The van der Waals surface area contributed by atoms with Crippen LogP contribution < -0.4 is 0 Å². The highest BCUT2D eigenvalue weighted by Crippen LogP contribution is 2.26. The fourth-order valence-corrected chi connectivity index (χ4v) is 4.25. The molecule has 7 heteroatoms. The summed E-state index contributed by atoms with van der Waals surface area (Å²) in [4.78, 5) is 10.4. The number of rotatable bonds is 4. The van der Waals surface area contributed by atoms with Crippen molar-refractivity contribution in [3.63, 3.8) is 0 Å². The summed E-state index contributed by atoms with van der Waals surface area (Å²) in [5, 5.41) is 10.9. The van der Waals surface area contributed by atoms with Crippen LogP contribution in [0.1, 0.15) is 16.7 Å². The zero-order chi connectivity index (χ0) is 16.4. The summed E-state index contributed by atoms with van der Waals surface area (Å²) in [5.74, 6) is -0.0574. The lowest BCUT2D eigenvalue weighted by Gasteiger charge is -2.28. The quantitative estimate of drug-likeness (QED) is 0.636. The fraction of sp³-hybridized carbons (Fsp3) is 0.250. The van der Waals surface area contributed by atoms with Crippen molar-refractivity contribution in [1.29, 1.82) is 0 Å². The molecule has 120 valence electrons. The Morgan fingerprint density at radius 2 is 1.83 bits per heavy atom. The maximum atomic E-state index is 12.6. The summed E-state index contributed by atoms with van der Waals surface area (Å²) in [6, 6.07) is 13.7. The smallest absolute Gasteiger partial charge is 0.258 e.